The van der Waals surface area contributed by atoms with Crippen molar-refractivity contribution in [2.24, 2.45) is 0 Å². The van der Waals surface area contributed by atoms with Gasteiger partial charge in [0.15, 0.2) is 0 Å². The van der Waals surface area contributed by atoms with Crippen LogP contribution in [0.4, 0.5) is 5.95 Å². The van der Waals surface area contributed by atoms with Crippen LogP contribution in [0.15, 0.2) is 24.3 Å². The lowest BCUT2D eigenvalue weighted by Crippen LogP contribution is -2.05. The van der Waals surface area contributed by atoms with E-state index in [0.29, 0.717) is 16.6 Å². The zero-order chi connectivity index (χ0) is 11.7. The lowest BCUT2D eigenvalue weighted by molar-refractivity contribution is 0.845. The molecule has 4 nitrogen and oxygen atoms in total. The van der Waals surface area contributed by atoms with Crippen molar-refractivity contribution in [2.45, 2.75) is 19.8 Å². The van der Waals surface area contributed by atoms with Crippen LogP contribution in [0, 0.1) is 4.77 Å². The molecule has 0 aliphatic carbocycles. The minimum Gasteiger partial charge on any atom is -0.368 e. The van der Waals surface area contributed by atoms with Crippen molar-refractivity contribution < 1.29 is 0 Å². The van der Waals surface area contributed by atoms with E-state index in [1.807, 2.05) is 18.2 Å². The Bertz CT molecular complexity index is 553. The highest BCUT2D eigenvalue weighted by Gasteiger charge is 2.11. The number of nitrogens with zero attached hydrogens (tertiary/aromatic N) is 2. The number of para-hydroxylation sites is 1. The molecule has 2 aromatic rings. The van der Waals surface area contributed by atoms with Gasteiger partial charge < -0.3 is 5.73 Å². The number of nitrogens with one attached hydrogen (secondary N) is 1. The standard InChI is InChI=1S/C11H14N4S/c1-7(2)8-5-3-4-6-9(8)15-10(12)13-14-11(15)16/h3-7H,1-2H3,(H2,12,13)(H,14,16). The summed E-state index contributed by atoms with van der Waals surface area (Å²) in [6.07, 6.45) is 0. The van der Waals surface area contributed by atoms with Gasteiger partial charge in [0.25, 0.3) is 0 Å². The quantitative estimate of drug-likeness (QED) is 0.785. The molecule has 2 rings (SSSR count). The molecular formula is C11H14N4S. The van der Waals surface area contributed by atoms with Gasteiger partial charge in [0.1, 0.15) is 0 Å². The van der Waals surface area contributed by atoms with Crippen LogP contribution in [-0.4, -0.2) is 14.8 Å². The fraction of sp³-hybridized carbons (Fsp3) is 0.273. The largest absolute Gasteiger partial charge is 0.368 e. The van der Waals surface area contributed by atoms with E-state index >= 15 is 0 Å². The van der Waals surface area contributed by atoms with Gasteiger partial charge in [-0.25, -0.2) is 5.10 Å². The summed E-state index contributed by atoms with van der Waals surface area (Å²) in [6, 6.07) is 8.05. The van der Waals surface area contributed by atoms with Crippen LogP contribution in [0.1, 0.15) is 25.3 Å². The van der Waals surface area contributed by atoms with E-state index in [1.165, 1.54) is 5.56 Å². The van der Waals surface area contributed by atoms with E-state index < -0.39 is 0 Å². The van der Waals surface area contributed by atoms with E-state index in [1.54, 1.807) is 4.57 Å². The van der Waals surface area contributed by atoms with Gasteiger partial charge in [0.05, 0.1) is 5.69 Å². The molecule has 0 spiro atoms. The van der Waals surface area contributed by atoms with Gasteiger partial charge in [0.2, 0.25) is 10.7 Å². The molecule has 5 heteroatoms. The van der Waals surface area contributed by atoms with Gasteiger partial charge in [0, 0.05) is 0 Å². The Balaban J connectivity index is 2.69. The summed E-state index contributed by atoms with van der Waals surface area (Å²) in [6.45, 7) is 4.28. The fourth-order valence-corrected chi connectivity index (χ4v) is 1.96. The summed E-state index contributed by atoms with van der Waals surface area (Å²) >= 11 is 5.17. The number of nitrogen functional groups attached to an aromatic ring is 1. The Kier molecular flexibility index (Phi) is 2.78. The van der Waals surface area contributed by atoms with Gasteiger partial charge in [-0.3, -0.25) is 4.57 Å². The van der Waals surface area contributed by atoms with Gasteiger partial charge in [-0.2, -0.15) is 0 Å². The number of aromatic nitrogens is 3. The molecule has 84 valence electrons. The molecule has 3 N–H and O–H groups in total. The Hall–Kier alpha value is -1.62. The second-order valence-electron chi connectivity index (χ2n) is 3.94. The molecular weight excluding hydrogens is 220 g/mol. The molecule has 0 radical (unpaired) electrons. The number of hydrogen-bond donors (Lipinski definition) is 2. The number of anilines is 1. The monoisotopic (exact) mass is 234 g/mol. The SMILES string of the molecule is CC(C)c1ccccc1-n1c(N)n[nH]c1=S. The summed E-state index contributed by atoms with van der Waals surface area (Å²) in [4.78, 5) is 0. The predicted octanol–water partition coefficient (Wildman–Crippen LogP) is 2.64. The van der Waals surface area contributed by atoms with Crippen molar-refractivity contribution in [1.82, 2.24) is 14.8 Å². The van der Waals surface area contributed by atoms with Crippen LogP contribution in [0.5, 0.6) is 0 Å². The lowest BCUT2D eigenvalue weighted by atomic mass is 10.0. The van der Waals surface area contributed by atoms with Crippen molar-refractivity contribution in [3.63, 3.8) is 0 Å². The van der Waals surface area contributed by atoms with Crippen LogP contribution < -0.4 is 5.73 Å². The van der Waals surface area contributed by atoms with Crippen LogP contribution in [-0.2, 0) is 0 Å². The first-order valence-corrected chi connectivity index (χ1v) is 5.54. The van der Waals surface area contributed by atoms with Crippen molar-refractivity contribution >= 4 is 18.2 Å². The molecule has 1 heterocycles. The van der Waals surface area contributed by atoms with Crippen molar-refractivity contribution in [2.75, 3.05) is 5.73 Å². The smallest absolute Gasteiger partial charge is 0.225 e. The molecule has 16 heavy (non-hydrogen) atoms. The molecule has 1 aromatic carbocycles. The number of H-pyrrole nitrogens is 1. The number of benzene rings is 1. The molecule has 0 unspecified atom stereocenters. The van der Waals surface area contributed by atoms with Gasteiger partial charge in [-0.1, -0.05) is 32.0 Å². The second-order valence-corrected chi connectivity index (χ2v) is 4.32. The maximum atomic E-state index is 5.80. The maximum absolute atomic E-state index is 5.80. The average Bonchev–Trinajstić information content (AvgIpc) is 2.58. The van der Waals surface area contributed by atoms with Crippen molar-refractivity contribution in [3.8, 4) is 5.69 Å². The third-order valence-corrected chi connectivity index (χ3v) is 2.77. The predicted molar refractivity (Wildman–Crippen MR) is 67.3 cm³/mol. The molecule has 0 saturated carbocycles. The van der Waals surface area contributed by atoms with Crippen LogP contribution >= 0.6 is 12.2 Å². The highest BCUT2D eigenvalue weighted by atomic mass is 32.1. The minimum atomic E-state index is 0.387. The molecule has 0 saturated heterocycles. The first kappa shape index (κ1) is 10.9. The van der Waals surface area contributed by atoms with E-state index in [-0.39, 0.29) is 0 Å². The summed E-state index contributed by atoms with van der Waals surface area (Å²) in [5.41, 5.74) is 7.99. The Morgan fingerprint density at radius 1 is 1.38 bits per heavy atom. The second kappa shape index (κ2) is 4.09. The third-order valence-electron chi connectivity index (χ3n) is 2.50. The molecule has 0 aliphatic rings. The van der Waals surface area contributed by atoms with Gasteiger partial charge in [-0.15, -0.1) is 5.10 Å². The molecule has 0 amide bonds. The minimum absolute atomic E-state index is 0.387. The summed E-state index contributed by atoms with van der Waals surface area (Å²) < 4.78 is 2.27. The highest BCUT2D eigenvalue weighted by molar-refractivity contribution is 7.71. The van der Waals surface area contributed by atoms with Gasteiger partial charge >= 0.3 is 0 Å². The fourth-order valence-electron chi connectivity index (χ4n) is 1.72. The summed E-state index contributed by atoms with van der Waals surface area (Å²) in [5.74, 6) is 0.797. The number of hydrogen-bond acceptors (Lipinski definition) is 3. The van der Waals surface area contributed by atoms with Crippen LogP contribution in [0.25, 0.3) is 5.69 Å². The first-order valence-electron chi connectivity index (χ1n) is 5.13. The average molecular weight is 234 g/mol. The third kappa shape index (κ3) is 1.74. The lowest BCUT2D eigenvalue weighted by Gasteiger charge is -2.13. The molecule has 0 bridgehead atoms. The van der Waals surface area contributed by atoms with E-state index in [4.69, 9.17) is 18.0 Å². The molecule has 0 aliphatic heterocycles. The molecule has 0 fully saturated rings. The van der Waals surface area contributed by atoms with E-state index in [9.17, 15) is 0 Å². The maximum Gasteiger partial charge on any atom is 0.225 e. The van der Waals surface area contributed by atoms with Crippen molar-refractivity contribution in [1.29, 1.82) is 0 Å². The van der Waals surface area contributed by atoms with E-state index in [0.717, 1.165) is 5.69 Å². The zero-order valence-electron chi connectivity index (χ0n) is 9.27. The number of rotatable bonds is 2. The molecule has 1 aromatic heterocycles. The Morgan fingerprint density at radius 2 is 2.06 bits per heavy atom. The van der Waals surface area contributed by atoms with Crippen LogP contribution in [0.3, 0.4) is 0 Å². The van der Waals surface area contributed by atoms with E-state index in [2.05, 4.69) is 30.1 Å². The van der Waals surface area contributed by atoms with Crippen LogP contribution in [0.2, 0.25) is 0 Å². The Labute approximate surface area is 99.1 Å². The normalized spacial score (nSPS) is 10.9. The number of aromatic amines is 1. The molecule has 0 atom stereocenters. The topological polar surface area (TPSA) is 59.6 Å². The first-order chi connectivity index (χ1) is 7.61. The van der Waals surface area contributed by atoms with Gasteiger partial charge in [-0.05, 0) is 29.8 Å². The summed E-state index contributed by atoms with van der Waals surface area (Å²) in [7, 11) is 0. The zero-order valence-corrected chi connectivity index (χ0v) is 10.1. The number of nitrogens with two attached hydrogens (primary N) is 1. The highest BCUT2D eigenvalue weighted by Crippen LogP contribution is 2.24. The Morgan fingerprint density at radius 3 is 2.62 bits per heavy atom. The van der Waals surface area contributed by atoms with Crippen molar-refractivity contribution in [3.05, 3.63) is 34.6 Å². The summed E-state index contributed by atoms with van der Waals surface area (Å²) in [5, 5.41) is 6.61.